The zero-order chi connectivity index (χ0) is 6.10. The molecule has 0 aliphatic rings. The van der Waals surface area contributed by atoms with Crippen LogP contribution in [0.25, 0.3) is 10.9 Å². The molecule has 0 atom stereocenters. The summed E-state index contributed by atoms with van der Waals surface area (Å²) >= 11 is 1.65. The molecule has 0 radical (unpaired) electrons. The van der Waals surface area contributed by atoms with E-state index >= 15 is 0 Å². The number of aromatic nitrogens is 2. The fraction of sp³-hybridized carbons (Fsp3) is 0. The van der Waals surface area contributed by atoms with Gasteiger partial charge >= 0.3 is 0 Å². The molecule has 0 saturated heterocycles. The van der Waals surface area contributed by atoms with Gasteiger partial charge in [-0.05, 0) is 0 Å². The van der Waals surface area contributed by atoms with Crippen LogP contribution in [-0.4, -0.2) is 9.97 Å². The number of hydrogen-bond donors (Lipinski definition) is 0. The van der Waals surface area contributed by atoms with Crippen molar-refractivity contribution < 1.29 is 0 Å². The second-order valence-corrected chi connectivity index (χ2v) is 2.48. The van der Waals surface area contributed by atoms with Crippen molar-refractivity contribution in [3.05, 3.63) is 23.3 Å². The molecule has 2 rings (SSSR count). The summed E-state index contributed by atoms with van der Waals surface area (Å²) in [6.07, 6.45) is 3.38. The van der Waals surface area contributed by atoms with Crippen LogP contribution in [-0.2, 0) is 0 Å². The first-order valence-electron chi connectivity index (χ1n) is 2.59. The molecule has 0 N–H and O–H groups in total. The van der Waals surface area contributed by atoms with Gasteiger partial charge in [-0.1, -0.05) is 0 Å². The molecular weight excluding hydrogens is 132 g/mol. The number of rotatable bonds is 0. The predicted molar refractivity (Wildman–Crippen MR) is 37.4 cm³/mol. The molecule has 0 fully saturated rings. The Hall–Kier alpha value is -0.960. The summed E-state index contributed by atoms with van der Waals surface area (Å²) in [6, 6.07) is 0. The summed E-state index contributed by atoms with van der Waals surface area (Å²) in [6.45, 7) is 0. The summed E-state index contributed by atoms with van der Waals surface area (Å²) in [5.41, 5.74) is 1.04. The fourth-order valence-corrected chi connectivity index (χ4v) is 1.43. The largest absolute Gasteiger partial charge is 0.244 e. The molecule has 0 spiro atoms. The molecule has 0 saturated carbocycles. The van der Waals surface area contributed by atoms with Gasteiger partial charge < -0.3 is 0 Å². The summed E-state index contributed by atoms with van der Waals surface area (Å²) < 4.78 is 0. The third-order valence-electron chi connectivity index (χ3n) is 1.15. The van der Waals surface area contributed by atoms with Gasteiger partial charge in [-0.3, -0.25) is 0 Å². The van der Waals surface area contributed by atoms with Crippen molar-refractivity contribution >= 4 is 22.2 Å². The average molecular weight is 136 g/mol. The highest BCUT2D eigenvalue weighted by molar-refractivity contribution is 7.09. The van der Waals surface area contributed by atoms with Crippen molar-refractivity contribution in [1.82, 2.24) is 9.97 Å². The lowest BCUT2D eigenvalue weighted by atomic mass is 10.4. The Kier molecular flexibility index (Phi) is 0.960. The fourth-order valence-electron chi connectivity index (χ4n) is 0.711. The Morgan fingerprint density at radius 2 is 2.33 bits per heavy atom. The maximum Gasteiger partial charge on any atom is 0.116 e. The molecule has 0 unspecified atom stereocenters. The number of nitrogens with zero attached hydrogens (tertiary/aromatic N) is 2. The first kappa shape index (κ1) is 4.88. The van der Waals surface area contributed by atoms with E-state index in [1.54, 1.807) is 17.7 Å². The lowest BCUT2D eigenvalue weighted by Crippen LogP contribution is -1.72. The molecule has 0 bridgehead atoms. The molecule has 0 aliphatic carbocycles. The third-order valence-corrected chi connectivity index (χ3v) is 1.90. The van der Waals surface area contributed by atoms with Gasteiger partial charge in [-0.2, -0.15) is 0 Å². The van der Waals surface area contributed by atoms with Crippen molar-refractivity contribution in [3.63, 3.8) is 0 Å². The molecule has 2 heterocycles. The number of hydrogen-bond acceptors (Lipinski definition) is 3. The van der Waals surface area contributed by atoms with E-state index in [1.165, 1.54) is 0 Å². The lowest BCUT2D eigenvalue weighted by Gasteiger charge is -1.81. The molecule has 44 valence electrons. The van der Waals surface area contributed by atoms with Crippen molar-refractivity contribution in [1.29, 1.82) is 0 Å². The second-order valence-electron chi connectivity index (χ2n) is 1.74. The highest BCUT2D eigenvalue weighted by Crippen LogP contribution is 2.13. The van der Waals surface area contributed by atoms with E-state index in [1.807, 2.05) is 17.0 Å². The van der Waals surface area contributed by atoms with Gasteiger partial charge in [-0.25, -0.2) is 9.97 Å². The van der Waals surface area contributed by atoms with Crippen LogP contribution in [0.4, 0.5) is 0 Å². The Balaban J connectivity index is 2.95. The molecule has 0 amide bonds. The molecule has 0 aliphatic heterocycles. The monoisotopic (exact) mass is 136 g/mol. The van der Waals surface area contributed by atoms with Crippen LogP contribution in [0.3, 0.4) is 0 Å². The highest BCUT2D eigenvalue weighted by atomic mass is 32.1. The van der Waals surface area contributed by atoms with Gasteiger partial charge in [0.25, 0.3) is 0 Å². The summed E-state index contributed by atoms with van der Waals surface area (Å²) in [7, 11) is 0. The first-order chi connectivity index (χ1) is 4.47. The minimum absolute atomic E-state index is 1.04. The molecule has 0 aromatic carbocycles. The standard InChI is InChI=1S/C6H4N2S/c1-5-2-9-3-6(5)8-4-7-1/h1-4H. The van der Waals surface area contributed by atoms with Gasteiger partial charge in [0.1, 0.15) is 6.33 Å². The molecule has 2 aromatic heterocycles. The zero-order valence-electron chi connectivity index (χ0n) is 4.61. The topological polar surface area (TPSA) is 25.8 Å². The molecule has 2 aromatic rings. The van der Waals surface area contributed by atoms with Gasteiger partial charge in [0.05, 0.1) is 5.52 Å². The van der Waals surface area contributed by atoms with Crippen molar-refractivity contribution in [2.45, 2.75) is 0 Å². The van der Waals surface area contributed by atoms with Crippen molar-refractivity contribution in [2.75, 3.05) is 0 Å². The van der Waals surface area contributed by atoms with Gasteiger partial charge in [-0.15, -0.1) is 11.3 Å². The van der Waals surface area contributed by atoms with E-state index in [0.29, 0.717) is 0 Å². The van der Waals surface area contributed by atoms with E-state index in [4.69, 9.17) is 0 Å². The predicted octanol–water partition coefficient (Wildman–Crippen LogP) is 1.69. The SMILES string of the molecule is c1ncc2cscc2n1. The molecule has 9 heavy (non-hydrogen) atoms. The Morgan fingerprint density at radius 3 is 3.22 bits per heavy atom. The van der Waals surface area contributed by atoms with E-state index in [-0.39, 0.29) is 0 Å². The van der Waals surface area contributed by atoms with Crippen molar-refractivity contribution in [3.8, 4) is 0 Å². The van der Waals surface area contributed by atoms with Crippen molar-refractivity contribution in [2.24, 2.45) is 0 Å². The third kappa shape index (κ3) is 0.695. The van der Waals surface area contributed by atoms with Crippen LogP contribution in [0.15, 0.2) is 23.3 Å². The quantitative estimate of drug-likeness (QED) is 0.550. The van der Waals surface area contributed by atoms with Crippen LogP contribution in [0, 0.1) is 0 Å². The van der Waals surface area contributed by atoms with Crippen LogP contribution in [0.1, 0.15) is 0 Å². The van der Waals surface area contributed by atoms with E-state index in [0.717, 1.165) is 10.9 Å². The van der Waals surface area contributed by atoms with Gasteiger partial charge in [0, 0.05) is 22.3 Å². The Labute approximate surface area is 56.2 Å². The summed E-state index contributed by atoms with van der Waals surface area (Å²) in [5, 5.41) is 5.18. The second kappa shape index (κ2) is 1.77. The van der Waals surface area contributed by atoms with E-state index in [2.05, 4.69) is 9.97 Å². The Bertz CT molecular complexity index is 285. The van der Waals surface area contributed by atoms with Gasteiger partial charge in [0.2, 0.25) is 0 Å². The Morgan fingerprint density at radius 1 is 1.33 bits per heavy atom. The van der Waals surface area contributed by atoms with E-state index < -0.39 is 0 Å². The van der Waals surface area contributed by atoms with Crippen LogP contribution in [0.2, 0.25) is 0 Å². The molecular formula is C6H4N2S. The summed E-state index contributed by atoms with van der Waals surface area (Å²) in [5.74, 6) is 0. The molecule has 2 nitrogen and oxygen atoms in total. The minimum Gasteiger partial charge on any atom is -0.244 e. The highest BCUT2D eigenvalue weighted by Gasteiger charge is 1.90. The maximum absolute atomic E-state index is 4.04. The number of fused-ring (bicyclic) bond motifs is 1. The molecule has 3 heteroatoms. The number of thiophene rings is 1. The van der Waals surface area contributed by atoms with Crippen LogP contribution in [0.5, 0.6) is 0 Å². The van der Waals surface area contributed by atoms with E-state index in [9.17, 15) is 0 Å². The summed E-state index contributed by atoms with van der Waals surface area (Å²) in [4.78, 5) is 7.92. The normalized spacial score (nSPS) is 10.2. The van der Waals surface area contributed by atoms with Gasteiger partial charge in [0.15, 0.2) is 0 Å². The van der Waals surface area contributed by atoms with Crippen LogP contribution < -0.4 is 0 Å². The lowest BCUT2D eigenvalue weighted by molar-refractivity contribution is 1.23. The van der Waals surface area contributed by atoms with Crippen LogP contribution >= 0.6 is 11.3 Å². The average Bonchev–Trinajstić information content (AvgIpc) is 2.33. The maximum atomic E-state index is 4.04. The minimum atomic E-state index is 1.04. The zero-order valence-corrected chi connectivity index (χ0v) is 5.43. The first-order valence-corrected chi connectivity index (χ1v) is 3.53. The smallest absolute Gasteiger partial charge is 0.116 e.